The zero-order valence-electron chi connectivity index (χ0n) is 21.4. The van der Waals surface area contributed by atoms with Gasteiger partial charge in [-0.2, -0.15) is 0 Å². The van der Waals surface area contributed by atoms with Crippen molar-refractivity contribution in [2.75, 3.05) is 39.3 Å². The van der Waals surface area contributed by atoms with Crippen molar-refractivity contribution in [3.8, 4) is 0 Å². The van der Waals surface area contributed by atoms with Crippen molar-refractivity contribution >= 4 is 7.91 Å². The van der Waals surface area contributed by atoms with Crippen molar-refractivity contribution in [3.05, 3.63) is 71.8 Å². The van der Waals surface area contributed by atoms with Crippen molar-refractivity contribution in [1.82, 2.24) is 0 Å². The van der Waals surface area contributed by atoms with Crippen LogP contribution in [-0.2, 0) is 17.7 Å². The quantitative estimate of drug-likeness (QED) is 0.357. The molecule has 33 heavy (non-hydrogen) atoms. The Balaban J connectivity index is 0.000000517. The molecule has 2 aromatic carbocycles. The first-order valence-corrected chi connectivity index (χ1v) is 13.5. The van der Waals surface area contributed by atoms with Gasteiger partial charge in [0, 0.05) is 11.1 Å². The van der Waals surface area contributed by atoms with E-state index in [1.807, 2.05) is 0 Å². The molecule has 0 aromatic heterocycles. The van der Waals surface area contributed by atoms with E-state index in [-0.39, 0.29) is 0 Å². The van der Waals surface area contributed by atoms with Gasteiger partial charge in [-0.25, -0.2) is 4.20 Å². The molecule has 0 saturated carbocycles. The van der Waals surface area contributed by atoms with E-state index in [1.165, 1.54) is 72.5 Å². The first-order chi connectivity index (χ1) is 15.5. The summed E-state index contributed by atoms with van der Waals surface area (Å²) in [7, 11) is -5.64. The topological polar surface area (TPSA) is 63.2 Å². The Kier molecular flexibility index (Phi) is 15.4. The third-order valence-corrected chi connectivity index (χ3v) is 6.75. The van der Waals surface area contributed by atoms with E-state index < -0.39 is 7.91 Å². The molecule has 0 aliphatic heterocycles. The lowest BCUT2D eigenvalue weighted by molar-refractivity contribution is -0.936. The highest BCUT2D eigenvalue weighted by Gasteiger charge is 2.21. The van der Waals surface area contributed by atoms with Crippen molar-refractivity contribution < 1.29 is 27.5 Å². The lowest BCUT2D eigenvalue weighted by Crippen LogP contribution is -2.46. The van der Waals surface area contributed by atoms with Crippen LogP contribution in [0.4, 0.5) is 4.20 Å². The van der Waals surface area contributed by atoms with Gasteiger partial charge >= 0.3 is 0 Å². The van der Waals surface area contributed by atoms with Gasteiger partial charge in [-0.15, -0.1) is 0 Å². The number of halogens is 1. The smallest absolute Gasteiger partial charge is 0.110 e. The summed E-state index contributed by atoms with van der Waals surface area (Å²) in [5, 5.41) is 0. The minimum absolute atomic E-state index is 1.17. The van der Waals surface area contributed by atoms with Crippen molar-refractivity contribution in [1.29, 1.82) is 0 Å². The molecule has 0 saturated heterocycles. The molecule has 0 unspecified atom stereocenters. The predicted molar refractivity (Wildman–Crippen MR) is 133 cm³/mol. The molecule has 0 aliphatic rings. The molecule has 0 bridgehead atoms. The molecule has 2 rings (SSSR count). The van der Waals surface area contributed by atoms with Gasteiger partial charge < -0.3 is 23.3 Å². The SMILES string of the molecule is CC[N+](CC)(CC)Cc1ccccc1.CC[N+](CC)(CC)Cc1ccccc1.O=P([O-])([O-])F. The predicted octanol–water partition coefficient (Wildman–Crippen LogP) is 4.91. The average molecular weight is 483 g/mol. The Hall–Kier alpha value is -1.56. The minimum atomic E-state index is -5.64. The maximum Gasteiger partial charge on any atom is 0.110 e. The number of benzene rings is 2. The van der Waals surface area contributed by atoms with Gasteiger partial charge in [-0.3, -0.25) is 0 Å². The zero-order valence-corrected chi connectivity index (χ0v) is 22.3. The molecule has 188 valence electrons. The van der Waals surface area contributed by atoms with Crippen LogP contribution in [0.15, 0.2) is 60.7 Å². The summed E-state index contributed by atoms with van der Waals surface area (Å²) in [4.78, 5) is 16.9. The second-order valence-corrected chi connectivity index (χ2v) is 9.16. The van der Waals surface area contributed by atoms with E-state index in [0.29, 0.717) is 0 Å². The van der Waals surface area contributed by atoms with Gasteiger partial charge in [0.1, 0.15) is 21.0 Å². The summed E-state index contributed by atoms with van der Waals surface area (Å²) in [6, 6.07) is 21.6. The summed E-state index contributed by atoms with van der Waals surface area (Å²) in [5.74, 6) is 0. The fraction of sp³-hybridized carbons (Fsp3) is 0.538. The minimum Gasteiger partial charge on any atom is -0.786 e. The molecule has 0 amide bonds. The molecule has 5 nitrogen and oxygen atoms in total. The molecular weight excluding hydrogens is 438 g/mol. The molecular formula is C26H44FN2O3P. The van der Waals surface area contributed by atoms with E-state index in [4.69, 9.17) is 14.4 Å². The Morgan fingerprint density at radius 2 is 0.818 bits per heavy atom. The number of hydrogen-bond acceptors (Lipinski definition) is 3. The fourth-order valence-corrected chi connectivity index (χ4v) is 3.95. The number of hydrogen-bond donors (Lipinski definition) is 0. The lowest BCUT2D eigenvalue weighted by Gasteiger charge is -2.35. The first-order valence-electron chi connectivity index (χ1n) is 12.0. The molecule has 7 heteroatoms. The molecule has 0 fully saturated rings. The van der Waals surface area contributed by atoms with Crippen LogP contribution in [0.5, 0.6) is 0 Å². The zero-order chi connectivity index (χ0) is 25.4. The van der Waals surface area contributed by atoms with Gasteiger partial charge in [0.15, 0.2) is 0 Å². The Labute approximate surface area is 201 Å². The van der Waals surface area contributed by atoms with Crippen molar-refractivity contribution in [2.45, 2.75) is 54.6 Å². The van der Waals surface area contributed by atoms with Crippen LogP contribution in [0, 0.1) is 0 Å². The van der Waals surface area contributed by atoms with Crippen LogP contribution in [0.1, 0.15) is 52.7 Å². The molecule has 2 aromatic rings. The van der Waals surface area contributed by atoms with Crippen LogP contribution in [-0.4, -0.2) is 48.2 Å². The second kappa shape index (κ2) is 16.1. The second-order valence-electron chi connectivity index (χ2n) is 8.30. The molecule has 0 atom stereocenters. The van der Waals surface area contributed by atoms with Crippen LogP contribution >= 0.6 is 7.91 Å². The number of rotatable bonds is 10. The van der Waals surface area contributed by atoms with Crippen LogP contribution in [0.25, 0.3) is 0 Å². The Morgan fingerprint density at radius 1 is 0.606 bits per heavy atom. The van der Waals surface area contributed by atoms with E-state index in [0.717, 1.165) is 0 Å². The highest BCUT2D eigenvalue weighted by Crippen LogP contribution is 2.22. The van der Waals surface area contributed by atoms with Crippen LogP contribution in [0.3, 0.4) is 0 Å². The van der Waals surface area contributed by atoms with Crippen LogP contribution in [0.2, 0.25) is 0 Å². The Morgan fingerprint density at radius 3 is 1.00 bits per heavy atom. The summed E-state index contributed by atoms with van der Waals surface area (Å²) < 4.78 is 21.0. The van der Waals surface area contributed by atoms with Crippen molar-refractivity contribution in [3.63, 3.8) is 0 Å². The molecule has 0 N–H and O–H groups in total. The van der Waals surface area contributed by atoms with E-state index in [2.05, 4.69) is 102 Å². The van der Waals surface area contributed by atoms with E-state index in [1.54, 1.807) is 0 Å². The molecule has 0 aliphatic carbocycles. The van der Waals surface area contributed by atoms with Gasteiger partial charge in [0.2, 0.25) is 0 Å². The van der Waals surface area contributed by atoms with Gasteiger partial charge in [0.05, 0.1) is 39.3 Å². The normalized spacial score (nSPS) is 11.7. The standard InChI is InChI=1S/2C13H22N.FH2O3P/c2*1-4-14(5-2,6-3)12-13-10-8-7-9-11-13;1-5(2,3)4/h2*7-11H,4-6,12H2,1-3H3;(H2,2,3,4)/q2*+1;/p-2. The van der Waals surface area contributed by atoms with E-state index in [9.17, 15) is 4.20 Å². The first kappa shape index (κ1) is 31.4. The van der Waals surface area contributed by atoms with Gasteiger partial charge in [0.25, 0.3) is 0 Å². The molecule has 0 radical (unpaired) electrons. The number of quaternary nitrogens is 2. The maximum absolute atomic E-state index is 10.1. The fourth-order valence-electron chi connectivity index (χ4n) is 3.95. The average Bonchev–Trinajstić information content (AvgIpc) is 2.82. The summed E-state index contributed by atoms with van der Waals surface area (Å²) in [5.41, 5.74) is 2.91. The summed E-state index contributed by atoms with van der Waals surface area (Å²) in [6.45, 7) is 23.4. The summed E-state index contributed by atoms with van der Waals surface area (Å²) >= 11 is 0. The third kappa shape index (κ3) is 13.7. The molecule has 0 spiro atoms. The summed E-state index contributed by atoms with van der Waals surface area (Å²) in [6.07, 6.45) is 0. The third-order valence-electron chi connectivity index (χ3n) is 6.75. The Bertz CT molecular complexity index is 694. The van der Waals surface area contributed by atoms with E-state index >= 15 is 0 Å². The van der Waals surface area contributed by atoms with Crippen LogP contribution < -0.4 is 9.79 Å². The lowest BCUT2D eigenvalue weighted by atomic mass is 10.2. The number of nitrogens with zero attached hydrogens (tertiary/aromatic N) is 2. The maximum atomic E-state index is 10.1. The van der Waals surface area contributed by atoms with Gasteiger partial charge in [-0.1, -0.05) is 60.7 Å². The van der Waals surface area contributed by atoms with Crippen molar-refractivity contribution in [2.24, 2.45) is 0 Å². The molecule has 0 heterocycles. The monoisotopic (exact) mass is 482 g/mol. The highest BCUT2D eigenvalue weighted by atomic mass is 31.2. The largest absolute Gasteiger partial charge is 0.786 e. The highest BCUT2D eigenvalue weighted by molar-refractivity contribution is 7.42. The van der Waals surface area contributed by atoms with Gasteiger partial charge in [-0.05, 0) is 41.5 Å².